The molecule has 0 spiro atoms. The highest BCUT2D eigenvalue weighted by molar-refractivity contribution is 6.30. The normalized spacial score (nSPS) is 12.8. The Morgan fingerprint density at radius 3 is 2.59 bits per heavy atom. The highest BCUT2D eigenvalue weighted by Crippen LogP contribution is 2.28. The van der Waals surface area contributed by atoms with Gasteiger partial charge in [-0.3, -0.25) is 0 Å². The van der Waals surface area contributed by atoms with Gasteiger partial charge in [-0.2, -0.15) is 0 Å². The molecule has 0 saturated carbocycles. The summed E-state index contributed by atoms with van der Waals surface area (Å²) in [5.74, 6) is 1.42. The van der Waals surface area contributed by atoms with E-state index < -0.39 is 6.10 Å². The Hall–Kier alpha value is -0.730. The fourth-order valence-electron chi connectivity index (χ4n) is 1.65. The lowest BCUT2D eigenvalue weighted by Gasteiger charge is -2.14. The van der Waals surface area contributed by atoms with Crippen molar-refractivity contribution in [2.45, 2.75) is 39.7 Å². The van der Waals surface area contributed by atoms with Gasteiger partial charge in [-0.15, -0.1) is 0 Å². The molecule has 17 heavy (non-hydrogen) atoms. The van der Waals surface area contributed by atoms with E-state index in [9.17, 15) is 5.11 Å². The van der Waals surface area contributed by atoms with Gasteiger partial charge >= 0.3 is 0 Å². The second kappa shape index (κ2) is 6.87. The monoisotopic (exact) mass is 256 g/mol. The van der Waals surface area contributed by atoms with Crippen LogP contribution < -0.4 is 4.74 Å². The maximum Gasteiger partial charge on any atom is 0.125 e. The van der Waals surface area contributed by atoms with Crippen molar-refractivity contribution in [2.75, 3.05) is 6.61 Å². The quantitative estimate of drug-likeness (QED) is 0.773. The Balaban J connectivity index is 2.58. The van der Waals surface area contributed by atoms with Crippen LogP contribution in [0.5, 0.6) is 5.75 Å². The van der Waals surface area contributed by atoms with Gasteiger partial charge in [0.2, 0.25) is 0 Å². The Kier molecular flexibility index (Phi) is 5.79. The molecule has 0 fully saturated rings. The van der Waals surface area contributed by atoms with Crippen LogP contribution in [0.1, 0.15) is 45.3 Å². The van der Waals surface area contributed by atoms with Gasteiger partial charge < -0.3 is 9.84 Å². The number of aliphatic hydroxyl groups excluding tert-OH is 1. The highest BCUT2D eigenvalue weighted by Gasteiger charge is 2.09. The molecule has 96 valence electrons. The Bertz CT molecular complexity index is 348. The second-order valence-corrected chi connectivity index (χ2v) is 5.18. The first-order chi connectivity index (χ1) is 8.00. The van der Waals surface area contributed by atoms with Crippen molar-refractivity contribution in [2.24, 2.45) is 5.92 Å². The molecule has 0 heterocycles. The molecule has 0 saturated heterocycles. The van der Waals surface area contributed by atoms with E-state index in [0.717, 1.165) is 24.2 Å². The first-order valence-corrected chi connectivity index (χ1v) is 6.48. The van der Waals surface area contributed by atoms with Gasteiger partial charge in [0.15, 0.2) is 0 Å². The molecule has 0 aliphatic carbocycles. The predicted octanol–water partition coefficient (Wildman–Crippen LogP) is 4.21. The second-order valence-electron chi connectivity index (χ2n) is 4.74. The zero-order valence-electron chi connectivity index (χ0n) is 10.7. The molecule has 1 aromatic rings. The van der Waals surface area contributed by atoms with Crippen molar-refractivity contribution < 1.29 is 9.84 Å². The summed E-state index contributed by atoms with van der Waals surface area (Å²) in [5, 5.41) is 10.3. The van der Waals surface area contributed by atoms with Crippen molar-refractivity contribution in [3.05, 3.63) is 28.8 Å². The smallest absolute Gasteiger partial charge is 0.125 e. The average Bonchev–Trinajstić information content (AvgIpc) is 2.25. The van der Waals surface area contributed by atoms with Gasteiger partial charge in [0.05, 0.1) is 12.7 Å². The lowest BCUT2D eigenvalue weighted by molar-refractivity contribution is 0.190. The van der Waals surface area contributed by atoms with Crippen LogP contribution in [0.3, 0.4) is 0 Å². The molecule has 0 radical (unpaired) electrons. The molecule has 0 aromatic heterocycles. The minimum Gasteiger partial charge on any atom is -0.493 e. The molecule has 0 unspecified atom stereocenters. The number of benzene rings is 1. The van der Waals surface area contributed by atoms with E-state index in [1.54, 1.807) is 19.1 Å². The zero-order valence-corrected chi connectivity index (χ0v) is 11.5. The summed E-state index contributed by atoms with van der Waals surface area (Å²) in [7, 11) is 0. The SMILES string of the molecule is CC(C)CCCOc1ccc(Cl)cc1[C@H](C)O. The lowest BCUT2D eigenvalue weighted by Crippen LogP contribution is -2.03. The summed E-state index contributed by atoms with van der Waals surface area (Å²) in [6.45, 7) is 6.79. The maximum absolute atomic E-state index is 9.64. The first-order valence-electron chi connectivity index (χ1n) is 6.11. The van der Waals surface area contributed by atoms with Gasteiger partial charge in [-0.1, -0.05) is 25.4 Å². The zero-order chi connectivity index (χ0) is 12.8. The standard InChI is InChI=1S/C14H21ClO2/c1-10(2)5-4-8-17-14-7-6-12(15)9-13(14)11(3)16/h6-7,9-11,16H,4-5,8H2,1-3H3/t11-/m0/s1. The minimum atomic E-state index is -0.561. The van der Waals surface area contributed by atoms with Crippen LogP contribution in [-0.4, -0.2) is 11.7 Å². The van der Waals surface area contributed by atoms with Crippen LogP contribution in [0.25, 0.3) is 0 Å². The van der Waals surface area contributed by atoms with Crippen LogP contribution in [0.15, 0.2) is 18.2 Å². The average molecular weight is 257 g/mol. The van der Waals surface area contributed by atoms with Crippen molar-refractivity contribution in [1.29, 1.82) is 0 Å². The molecule has 1 rings (SSSR count). The number of halogens is 1. The van der Waals surface area contributed by atoms with Gasteiger partial charge in [0.1, 0.15) is 5.75 Å². The van der Waals surface area contributed by atoms with Crippen LogP contribution >= 0.6 is 11.6 Å². The number of hydrogen-bond acceptors (Lipinski definition) is 2. The molecule has 1 atom stereocenters. The molecular weight excluding hydrogens is 236 g/mol. The van der Waals surface area contributed by atoms with Crippen LogP contribution in [0, 0.1) is 5.92 Å². The third-order valence-electron chi connectivity index (χ3n) is 2.61. The summed E-state index contributed by atoms with van der Waals surface area (Å²) in [5.41, 5.74) is 0.752. The largest absolute Gasteiger partial charge is 0.493 e. The van der Waals surface area contributed by atoms with Gasteiger partial charge in [-0.25, -0.2) is 0 Å². The predicted molar refractivity (Wildman–Crippen MR) is 71.7 cm³/mol. The third kappa shape index (κ3) is 4.97. The lowest BCUT2D eigenvalue weighted by atomic mass is 10.1. The van der Waals surface area contributed by atoms with Gasteiger partial charge in [-0.05, 0) is 43.9 Å². The molecular formula is C14H21ClO2. The van der Waals surface area contributed by atoms with Gasteiger partial charge in [0, 0.05) is 10.6 Å². The van der Waals surface area contributed by atoms with Crippen LogP contribution in [-0.2, 0) is 0 Å². The summed E-state index contributed by atoms with van der Waals surface area (Å²) >= 11 is 5.90. The van der Waals surface area contributed by atoms with E-state index in [-0.39, 0.29) is 0 Å². The molecule has 0 bridgehead atoms. The van der Waals surface area contributed by atoms with E-state index in [0.29, 0.717) is 17.5 Å². The van der Waals surface area contributed by atoms with Crippen molar-refractivity contribution in [1.82, 2.24) is 0 Å². The molecule has 3 heteroatoms. The summed E-state index contributed by atoms with van der Waals surface area (Å²) < 4.78 is 5.69. The highest BCUT2D eigenvalue weighted by atomic mass is 35.5. The number of ether oxygens (including phenoxy) is 1. The van der Waals surface area contributed by atoms with E-state index in [1.165, 1.54) is 0 Å². The molecule has 2 nitrogen and oxygen atoms in total. The topological polar surface area (TPSA) is 29.5 Å². The molecule has 0 aliphatic heterocycles. The van der Waals surface area contributed by atoms with E-state index in [2.05, 4.69) is 13.8 Å². The number of aliphatic hydroxyl groups is 1. The molecule has 0 amide bonds. The Labute approximate surface area is 109 Å². The summed E-state index contributed by atoms with van der Waals surface area (Å²) in [6, 6.07) is 5.36. The van der Waals surface area contributed by atoms with Crippen LogP contribution in [0.2, 0.25) is 5.02 Å². The van der Waals surface area contributed by atoms with Crippen molar-refractivity contribution in [3.63, 3.8) is 0 Å². The fraction of sp³-hybridized carbons (Fsp3) is 0.571. The van der Waals surface area contributed by atoms with Crippen LogP contribution in [0.4, 0.5) is 0 Å². The first kappa shape index (κ1) is 14.3. The number of hydrogen-bond donors (Lipinski definition) is 1. The molecule has 0 aliphatic rings. The van der Waals surface area contributed by atoms with E-state index >= 15 is 0 Å². The molecule has 1 aromatic carbocycles. The summed E-state index contributed by atoms with van der Waals surface area (Å²) in [4.78, 5) is 0. The van der Waals surface area contributed by atoms with E-state index in [4.69, 9.17) is 16.3 Å². The fourth-order valence-corrected chi connectivity index (χ4v) is 1.83. The van der Waals surface area contributed by atoms with Crippen molar-refractivity contribution in [3.8, 4) is 5.75 Å². The van der Waals surface area contributed by atoms with E-state index in [1.807, 2.05) is 6.07 Å². The minimum absolute atomic E-state index is 0.561. The molecule has 1 N–H and O–H groups in total. The third-order valence-corrected chi connectivity index (χ3v) is 2.84. The summed E-state index contributed by atoms with van der Waals surface area (Å²) in [6.07, 6.45) is 1.62. The van der Waals surface area contributed by atoms with Crippen molar-refractivity contribution >= 4 is 11.6 Å². The van der Waals surface area contributed by atoms with Gasteiger partial charge in [0.25, 0.3) is 0 Å². The Morgan fingerprint density at radius 1 is 1.29 bits per heavy atom. The maximum atomic E-state index is 9.64. The number of rotatable bonds is 6. The Morgan fingerprint density at radius 2 is 2.00 bits per heavy atom.